The van der Waals surface area contributed by atoms with Crippen LogP contribution in [-0.4, -0.2) is 23.3 Å². The molecule has 9 heteroatoms. The standard InChI is InChI=1S/C31H38N2O5S2/c1-8-24(25-14-16-27(17-15-25)33(34)35)20-39(36,28-12-10-9-11-13-28)32-40(37,38)31-29(22(4)5)18-26(21(2)3)19-30(31)23(6)7/h8-19,21-24H,1,20H2,2-7H3/t24-,39?/m1/s1. The summed E-state index contributed by atoms with van der Waals surface area (Å²) < 4.78 is 47.4. The summed E-state index contributed by atoms with van der Waals surface area (Å²) >= 11 is 0. The second-order valence-corrected chi connectivity index (χ2v) is 14.9. The van der Waals surface area contributed by atoms with Crippen LogP contribution in [0.2, 0.25) is 0 Å². The van der Waals surface area contributed by atoms with Gasteiger partial charge in [-0.25, -0.2) is 4.21 Å². The van der Waals surface area contributed by atoms with E-state index < -0.39 is 30.6 Å². The first-order chi connectivity index (χ1) is 18.7. The van der Waals surface area contributed by atoms with Gasteiger partial charge in [0.1, 0.15) is 0 Å². The molecule has 2 atom stereocenters. The van der Waals surface area contributed by atoms with Crippen LogP contribution in [0, 0.1) is 10.1 Å². The van der Waals surface area contributed by atoms with Crippen molar-refractivity contribution in [3.63, 3.8) is 0 Å². The normalized spacial score (nSPS) is 14.2. The molecule has 0 saturated heterocycles. The van der Waals surface area contributed by atoms with Crippen LogP contribution in [0.1, 0.15) is 87.5 Å². The van der Waals surface area contributed by atoms with Crippen molar-refractivity contribution in [2.24, 2.45) is 3.77 Å². The minimum atomic E-state index is -4.39. The number of hydrogen-bond acceptors (Lipinski definition) is 5. The minimum absolute atomic E-state index is 0.0742. The number of benzene rings is 3. The molecule has 0 fully saturated rings. The van der Waals surface area contributed by atoms with Crippen LogP contribution in [0.15, 0.2) is 92.9 Å². The summed E-state index contributed by atoms with van der Waals surface area (Å²) in [5.74, 6) is -0.734. The maximum Gasteiger partial charge on any atom is 0.290 e. The van der Waals surface area contributed by atoms with Gasteiger partial charge in [-0.15, -0.1) is 10.3 Å². The van der Waals surface area contributed by atoms with Crippen molar-refractivity contribution in [2.45, 2.75) is 75.0 Å². The van der Waals surface area contributed by atoms with E-state index >= 15 is 0 Å². The summed E-state index contributed by atoms with van der Waals surface area (Å²) in [6.45, 7) is 15.8. The van der Waals surface area contributed by atoms with Gasteiger partial charge in [0.05, 0.1) is 19.5 Å². The first-order valence-corrected chi connectivity index (χ1v) is 16.4. The number of nitro groups is 1. The van der Waals surface area contributed by atoms with E-state index in [1.54, 1.807) is 48.5 Å². The van der Waals surface area contributed by atoms with E-state index in [0.717, 1.165) is 5.56 Å². The Kier molecular flexibility index (Phi) is 9.74. The van der Waals surface area contributed by atoms with Gasteiger partial charge >= 0.3 is 0 Å². The Labute approximate surface area is 238 Å². The van der Waals surface area contributed by atoms with Crippen molar-refractivity contribution >= 4 is 25.4 Å². The van der Waals surface area contributed by atoms with Crippen molar-refractivity contribution in [2.75, 3.05) is 5.75 Å². The van der Waals surface area contributed by atoms with Gasteiger partial charge in [0, 0.05) is 28.7 Å². The highest BCUT2D eigenvalue weighted by molar-refractivity contribution is 8.03. The van der Waals surface area contributed by atoms with Gasteiger partial charge in [0.15, 0.2) is 0 Å². The molecule has 0 aliphatic rings. The largest absolute Gasteiger partial charge is 0.290 e. The molecule has 0 amide bonds. The summed E-state index contributed by atoms with van der Waals surface area (Å²) in [6.07, 6.45) is 1.57. The van der Waals surface area contributed by atoms with Crippen LogP contribution >= 0.6 is 0 Å². The van der Waals surface area contributed by atoms with Crippen LogP contribution in [0.4, 0.5) is 5.69 Å². The topological polar surface area (TPSA) is 107 Å². The Morgan fingerprint density at radius 2 is 1.35 bits per heavy atom. The molecule has 3 aromatic carbocycles. The molecule has 0 bridgehead atoms. The van der Waals surface area contributed by atoms with Crippen molar-refractivity contribution < 1.29 is 17.6 Å². The smallest absolute Gasteiger partial charge is 0.258 e. The highest BCUT2D eigenvalue weighted by atomic mass is 32.3. The third-order valence-electron chi connectivity index (χ3n) is 6.89. The lowest BCUT2D eigenvalue weighted by atomic mass is 9.89. The minimum Gasteiger partial charge on any atom is -0.258 e. The number of rotatable bonds is 11. The van der Waals surface area contributed by atoms with Crippen molar-refractivity contribution in [3.8, 4) is 0 Å². The van der Waals surface area contributed by atoms with E-state index in [1.165, 1.54) is 12.1 Å². The molecular formula is C31H38N2O5S2. The molecule has 0 aliphatic carbocycles. The fourth-order valence-corrected chi connectivity index (χ4v) is 9.50. The van der Waals surface area contributed by atoms with E-state index in [2.05, 4.69) is 24.2 Å². The molecule has 0 aliphatic heterocycles. The number of hydrogen-bond donors (Lipinski definition) is 0. The molecule has 0 spiro atoms. The Morgan fingerprint density at radius 3 is 1.77 bits per heavy atom. The molecule has 214 valence electrons. The van der Waals surface area contributed by atoms with Gasteiger partial charge in [0.2, 0.25) is 0 Å². The quantitative estimate of drug-likeness (QED) is 0.129. The first-order valence-electron chi connectivity index (χ1n) is 13.3. The lowest BCUT2D eigenvalue weighted by molar-refractivity contribution is -0.384. The Hall–Kier alpha value is -3.30. The van der Waals surface area contributed by atoms with Crippen LogP contribution in [0.3, 0.4) is 0 Å². The van der Waals surface area contributed by atoms with E-state index in [4.69, 9.17) is 0 Å². The molecule has 3 rings (SSSR count). The lowest BCUT2D eigenvalue weighted by Gasteiger charge is -2.22. The number of allylic oxidation sites excluding steroid dienone is 1. The zero-order chi connectivity index (χ0) is 29.8. The Balaban J connectivity index is 2.29. The van der Waals surface area contributed by atoms with Crippen LogP contribution in [0.25, 0.3) is 0 Å². The monoisotopic (exact) mass is 582 g/mol. The highest BCUT2D eigenvalue weighted by Gasteiger charge is 2.30. The van der Waals surface area contributed by atoms with Gasteiger partial charge in [-0.3, -0.25) is 10.1 Å². The number of non-ortho nitro benzene ring substituents is 1. The Bertz CT molecular complexity index is 1570. The predicted molar refractivity (Wildman–Crippen MR) is 162 cm³/mol. The van der Waals surface area contributed by atoms with Gasteiger partial charge in [0.25, 0.3) is 15.7 Å². The molecule has 0 saturated carbocycles. The summed E-state index contributed by atoms with van der Waals surface area (Å²) in [5, 5.41) is 11.1. The SMILES string of the molecule is C=C[C@H](CS(=O)(=NS(=O)(=O)c1c(C(C)C)cc(C(C)C)cc1C(C)C)c1ccccc1)c1ccc([N+](=O)[O-])cc1. The van der Waals surface area contributed by atoms with E-state index in [-0.39, 0.29) is 34.1 Å². The average molecular weight is 583 g/mol. The second kappa shape index (κ2) is 12.5. The lowest BCUT2D eigenvalue weighted by Crippen LogP contribution is -2.18. The summed E-state index contributed by atoms with van der Waals surface area (Å²) in [6, 6.07) is 18.1. The Morgan fingerprint density at radius 1 is 0.825 bits per heavy atom. The summed E-state index contributed by atoms with van der Waals surface area (Å²) in [5.41, 5.74) is 2.91. The van der Waals surface area contributed by atoms with Crippen molar-refractivity contribution in [1.29, 1.82) is 0 Å². The number of sulfonamides is 1. The summed E-state index contributed by atoms with van der Waals surface area (Å²) in [7, 11) is -7.93. The van der Waals surface area contributed by atoms with Gasteiger partial charge < -0.3 is 0 Å². The molecule has 1 unspecified atom stereocenters. The molecule has 3 aromatic rings. The maximum absolute atomic E-state index is 14.7. The van der Waals surface area contributed by atoms with Gasteiger partial charge in [-0.1, -0.05) is 90.1 Å². The highest BCUT2D eigenvalue weighted by Crippen LogP contribution is 2.37. The van der Waals surface area contributed by atoms with Crippen molar-refractivity contribution in [1.82, 2.24) is 0 Å². The molecule has 0 aromatic heterocycles. The number of nitrogens with zero attached hydrogens (tertiary/aromatic N) is 2. The average Bonchev–Trinajstić information content (AvgIpc) is 2.91. The number of nitro benzene ring substituents is 1. The zero-order valence-electron chi connectivity index (χ0n) is 23.9. The molecular weight excluding hydrogens is 544 g/mol. The summed E-state index contributed by atoms with van der Waals surface area (Å²) in [4.78, 5) is 11.0. The fourth-order valence-electron chi connectivity index (χ4n) is 4.57. The predicted octanol–water partition coefficient (Wildman–Crippen LogP) is 8.15. The molecule has 7 nitrogen and oxygen atoms in total. The molecule has 0 heterocycles. The molecule has 0 N–H and O–H groups in total. The maximum atomic E-state index is 14.7. The molecule has 40 heavy (non-hydrogen) atoms. The first kappa shape index (κ1) is 31.2. The van der Waals surface area contributed by atoms with E-state index in [1.807, 2.05) is 39.8 Å². The second-order valence-electron chi connectivity index (χ2n) is 10.9. The van der Waals surface area contributed by atoms with Crippen LogP contribution in [0.5, 0.6) is 0 Å². The van der Waals surface area contributed by atoms with E-state index in [9.17, 15) is 22.7 Å². The van der Waals surface area contributed by atoms with Crippen LogP contribution < -0.4 is 0 Å². The zero-order valence-corrected chi connectivity index (χ0v) is 25.5. The fraction of sp³-hybridized carbons (Fsp3) is 0.355. The third-order valence-corrected chi connectivity index (χ3v) is 11.4. The van der Waals surface area contributed by atoms with Crippen LogP contribution in [-0.2, 0) is 19.8 Å². The van der Waals surface area contributed by atoms with Crippen molar-refractivity contribution in [3.05, 3.63) is 112 Å². The van der Waals surface area contributed by atoms with Gasteiger partial charge in [-0.2, -0.15) is 8.42 Å². The third kappa shape index (κ3) is 6.88. The molecule has 0 radical (unpaired) electrons. The van der Waals surface area contributed by atoms with Gasteiger partial charge in [-0.05, 0) is 52.1 Å². The van der Waals surface area contributed by atoms with E-state index in [0.29, 0.717) is 21.6 Å².